The summed E-state index contributed by atoms with van der Waals surface area (Å²) in [6.45, 7) is 4.01. The van der Waals surface area contributed by atoms with Gasteiger partial charge in [0.15, 0.2) is 16.6 Å². The lowest BCUT2D eigenvalue weighted by Gasteiger charge is -2.20. The molecule has 1 amide bonds. The molecule has 7 nitrogen and oxygen atoms in total. The topological polar surface area (TPSA) is 87.0 Å². The van der Waals surface area contributed by atoms with Crippen molar-refractivity contribution in [3.05, 3.63) is 83.1 Å². The zero-order valence-electron chi connectivity index (χ0n) is 16.3. The van der Waals surface area contributed by atoms with Crippen molar-refractivity contribution in [1.82, 2.24) is 9.58 Å². The van der Waals surface area contributed by atoms with Gasteiger partial charge in [0, 0.05) is 17.1 Å². The highest BCUT2D eigenvalue weighted by molar-refractivity contribution is 8.27. The second-order valence-corrected chi connectivity index (χ2v) is 7.86. The van der Waals surface area contributed by atoms with E-state index in [4.69, 9.17) is 9.83 Å². The normalized spacial score (nSPS) is 17.4. The van der Waals surface area contributed by atoms with Gasteiger partial charge in [-0.15, -0.1) is 0 Å². The number of para-hydroxylation sites is 1. The molecule has 0 spiro atoms. The van der Waals surface area contributed by atoms with Crippen molar-refractivity contribution in [3.8, 4) is 5.69 Å². The molecule has 0 atom stereocenters. The van der Waals surface area contributed by atoms with E-state index < -0.39 is 5.91 Å². The first-order valence-corrected chi connectivity index (χ1v) is 10.1. The van der Waals surface area contributed by atoms with Crippen LogP contribution in [0.4, 0.5) is 0 Å². The number of rotatable bonds is 3. The van der Waals surface area contributed by atoms with Crippen molar-refractivity contribution in [2.24, 2.45) is 10.1 Å². The first kappa shape index (κ1) is 18.4. The molecule has 0 unspecified atom stereocenters. The van der Waals surface area contributed by atoms with E-state index in [1.807, 2.05) is 50.2 Å². The van der Waals surface area contributed by atoms with E-state index in [0.29, 0.717) is 16.0 Å². The molecule has 2 aliphatic rings. The molecule has 3 aromatic rings. The fraction of sp³-hybridized carbons (Fsp3) is 0.0909. The fourth-order valence-electron chi connectivity index (χ4n) is 3.56. The van der Waals surface area contributed by atoms with E-state index >= 15 is 0 Å². The molecular formula is C22H17N5O2S. The van der Waals surface area contributed by atoms with Gasteiger partial charge < -0.3 is 8.98 Å². The number of benzene rings is 1. The lowest BCUT2D eigenvalue weighted by molar-refractivity contribution is -0.114. The van der Waals surface area contributed by atoms with Gasteiger partial charge in [-0.1, -0.05) is 18.2 Å². The van der Waals surface area contributed by atoms with E-state index in [1.54, 1.807) is 24.5 Å². The smallest absolute Gasteiger partial charge is 0.283 e. The van der Waals surface area contributed by atoms with Gasteiger partial charge in [0.25, 0.3) is 5.91 Å². The van der Waals surface area contributed by atoms with Crippen LogP contribution in [-0.2, 0) is 4.79 Å². The minimum atomic E-state index is -0.445. The Morgan fingerprint density at radius 1 is 1.13 bits per heavy atom. The third-order valence-corrected chi connectivity index (χ3v) is 5.89. The second-order valence-electron chi connectivity index (χ2n) is 6.90. The summed E-state index contributed by atoms with van der Waals surface area (Å²) in [7, 11) is 0. The molecule has 0 saturated heterocycles. The molecule has 2 aromatic heterocycles. The second kappa shape index (κ2) is 7.00. The third kappa shape index (κ3) is 2.93. The summed E-state index contributed by atoms with van der Waals surface area (Å²) in [5, 5.41) is 15.3. The number of furan rings is 1. The van der Waals surface area contributed by atoms with Gasteiger partial charge in [-0.3, -0.25) is 10.2 Å². The molecular weight excluding hydrogens is 398 g/mol. The zero-order chi connectivity index (χ0) is 20.8. The number of hydrogen-bond acceptors (Lipinski definition) is 5. The van der Waals surface area contributed by atoms with Gasteiger partial charge in [-0.25, -0.2) is 0 Å². The Bertz CT molecular complexity index is 1270. The molecule has 0 radical (unpaired) electrons. The number of hydrogen-bond donors (Lipinski definition) is 1. The van der Waals surface area contributed by atoms with Crippen LogP contribution in [0.3, 0.4) is 0 Å². The third-order valence-electron chi connectivity index (χ3n) is 4.97. The Kier molecular flexibility index (Phi) is 4.29. The standard InChI is InChI=1S/C22H17N5O2S/c1-13-11-15(14(2)26(13)16-7-4-3-5-8-16)12-17-19(23)27-22(24-20(17)28)30-21(25-27)18-9-6-10-29-18/h3-12,23H,1-2H3/b17-12+,23-19?. The first-order chi connectivity index (χ1) is 14.5. The quantitative estimate of drug-likeness (QED) is 0.644. The van der Waals surface area contributed by atoms with Crippen LogP contribution in [-0.4, -0.2) is 31.5 Å². The van der Waals surface area contributed by atoms with E-state index in [1.165, 1.54) is 16.8 Å². The largest absolute Gasteiger partial charge is 0.462 e. The predicted octanol–water partition coefficient (Wildman–Crippen LogP) is 4.35. The lowest BCUT2D eigenvalue weighted by Crippen LogP contribution is -2.35. The van der Waals surface area contributed by atoms with E-state index in [-0.39, 0.29) is 11.4 Å². The number of amidine groups is 2. The highest BCUT2D eigenvalue weighted by Crippen LogP contribution is 2.31. The van der Waals surface area contributed by atoms with Crippen LogP contribution in [0.15, 0.2) is 74.9 Å². The Morgan fingerprint density at radius 3 is 2.67 bits per heavy atom. The zero-order valence-corrected chi connectivity index (χ0v) is 17.1. The summed E-state index contributed by atoms with van der Waals surface area (Å²) in [6.07, 6.45) is 3.28. The summed E-state index contributed by atoms with van der Waals surface area (Å²) < 4.78 is 7.50. The number of aliphatic imine (C=N–C) groups is 1. The van der Waals surface area contributed by atoms with Crippen LogP contribution in [0.5, 0.6) is 0 Å². The summed E-state index contributed by atoms with van der Waals surface area (Å²) in [5.41, 5.74) is 4.14. The maximum atomic E-state index is 12.7. The van der Waals surface area contributed by atoms with Crippen LogP contribution in [0, 0.1) is 19.3 Å². The Labute approximate surface area is 176 Å². The van der Waals surface area contributed by atoms with Crippen molar-refractivity contribution in [2.75, 3.05) is 0 Å². The number of aromatic nitrogens is 1. The van der Waals surface area contributed by atoms with E-state index in [9.17, 15) is 4.79 Å². The van der Waals surface area contributed by atoms with E-state index in [0.717, 1.165) is 22.6 Å². The summed E-state index contributed by atoms with van der Waals surface area (Å²) in [6, 6.07) is 15.6. The molecule has 0 fully saturated rings. The van der Waals surface area contributed by atoms with Crippen LogP contribution in [0.2, 0.25) is 0 Å². The minimum absolute atomic E-state index is 0.00331. The molecule has 1 N–H and O–H groups in total. The number of thioether (sulfide) groups is 1. The van der Waals surface area contributed by atoms with Gasteiger partial charge in [0.2, 0.25) is 5.17 Å². The van der Waals surface area contributed by atoms with Gasteiger partial charge in [0.05, 0.1) is 11.8 Å². The monoisotopic (exact) mass is 415 g/mol. The number of aryl methyl sites for hydroxylation is 1. The number of amides is 1. The van der Waals surface area contributed by atoms with Crippen LogP contribution < -0.4 is 0 Å². The molecule has 8 heteroatoms. The molecule has 4 heterocycles. The van der Waals surface area contributed by atoms with Crippen LogP contribution >= 0.6 is 11.8 Å². The number of nitrogens with zero attached hydrogens (tertiary/aromatic N) is 4. The van der Waals surface area contributed by atoms with Crippen LogP contribution in [0.25, 0.3) is 11.8 Å². The average Bonchev–Trinajstić information content (AvgIpc) is 3.45. The minimum Gasteiger partial charge on any atom is -0.462 e. The summed E-state index contributed by atoms with van der Waals surface area (Å²) in [4.78, 5) is 16.8. The number of carbonyl (C=O) groups excluding carboxylic acids is 1. The molecule has 5 rings (SSSR count). The summed E-state index contributed by atoms with van der Waals surface area (Å²) >= 11 is 1.21. The van der Waals surface area contributed by atoms with Crippen molar-refractivity contribution in [3.63, 3.8) is 0 Å². The fourth-order valence-corrected chi connectivity index (χ4v) is 4.41. The number of hydrazone groups is 1. The van der Waals surface area contributed by atoms with Crippen molar-refractivity contribution in [2.45, 2.75) is 13.8 Å². The van der Waals surface area contributed by atoms with Crippen molar-refractivity contribution < 1.29 is 9.21 Å². The van der Waals surface area contributed by atoms with E-state index in [2.05, 4.69) is 14.7 Å². The molecule has 1 aromatic carbocycles. The first-order valence-electron chi connectivity index (χ1n) is 9.31. The Hall–Kier alpha value is -3.65. The van der Waals surface area contributed by atoms with Gasteiger partial charge >= 0.3 is 0 Å². The highest BCUT2D eigenvalue weighted by atomic mass is 32.2. The van der Waals surface area contributed by atoms with Crippen molar-refractivity contribution in [1.29, 1.82) is 5.41 Å². The summed E-state index contributed by atoms with van der Waals surface area (Å²) in [5.74, 6) is 0.136. The maximum Gasteiger partial charge on any atom is 0.283 e. The molecule has 0 bridgehead atoms. The number of nitrogens with one attached hydrogen (secondary N) is 1. The maximum absolute atomic E-state index is 12.7. The molecule has 30 heavy (non-hydrogen) atoms. The Balaban J connectivity index is 1.53. The predicted molar refractivity (Wildman–Crippen MR) is 118 cm³/mol. The lowest BCUT2D eigenvalue weighted by atomic mass is 10.1. The van der Waals surface area contributed by atoms with Gasteiger partial charge in [-0.2, -0.15) is 15.1 Å². The molecule has 148 valence electrons. The molecule has 2 aliphatic heterocycles. The SMILES string of the molecule is Cc1cc(/C=C2\C(=N)N3N=C(c4ccco4)SC3=NC2=O)c(C)n1-c1ccccc1. The number of carbonyl (C=O) groups is 1. The Morgan fingerprint density at radius 2 is 1.93 bits per heavy atom. The van der Waals surface area contributed by atoms with Crippen LogP contribution in [0.1, 0.15) is 22.7 Å². The number of fused-ring (bicyclic) bond motifs is 1. The molecule has 0 aliphatic carbocycles. The van der Waals surface area contributed by atoms with Gasteiger partial charge in [0.1, 0.15) is 0 Å². The highest BCUT2D eigenvalue weighted by Gasteiger charge is 2.36. The average molecular weight is 415 g/mol. The van der Waals surface area contributed by atoms with Gasteiger partial charge in [-0.05, 0) is 67.6 Å². The molecule has 0 saturated carbocycles. The van der Waals surface area contributed by atoms with Crippen molar-refractivity contribution >= 4 is 39.8 Å².